The predicted molar refractivity (Wildman–Crippen MR) is 121 cm³/mol. The fourth-order valence-corrected chi connectivity index (χ4v) is 4.56. The quantitative estimate of drug-likeness (QED) is 0.484. The van der Waals surface area contributed by atoms with Crippen molar-refractivity contribution < 1.29 is 23.5 Å². The molecule has 5 rings (SSSR count). The number of halogens is 2. The van der Waals surface area contributed by atoms with E-state index >= 15 is 0 Å². The number of carboxylic acids is 1. The Morgan fingerprint density at radius 3 is 2.68 bits per heavy atom. The standard InChI is InChI=1S/C26H21F2N3O3/c27-19-4-1-3-16(11-19)14-31-23-15-30(10-8-20(23)21-5-2-9-29-25(21)31)24(32)13-17-6-7-18(26(33)34)12-22(17)28/h1-7,9,11-12H,8,10,13-15H2,(H,33,34). The van der Waals surface area contributed by atoms with Gasteiger partial charge in [-0.25, -0.2) is 18.6 Å². The van der Waals surface area contributed by atoms with Crippen LogP contribution >= 0.6 is 0 Å². The molecule has 0 radical (unpaired) electrons. The molecular formula is C26H21F2N3O3. The van der Waals surface area contributed by atoms with E-state index in [9.17, 15) is 18.4 Å². The minimum atomic E-state index is -1.22. The molecule has 0 aliphatic carbocycles. The summed E-state index contributed by atoms with van der Waals surface area (Å²) in [6.07, 6.45) is 2.17. The van der Waals surface area contributed by atoms with Crippen molar-refractivity contribution in [2.75, 3.05) is 6.54 Å². The van der Waals surface area contributed by atoms with Gasteiger partial charge in [-0.15, -0.1) is 0 Å². The molecule has 34 heavy (non-hydrogen) atoms. The van der Waals surface area contributed by atoms with Gasteiger partial charge < -0.3 is 14.6 Å². The van der Waals surface area contributed by atoms with Crippen LogP contribution in [-0.2, 0) is 30.7 Å². The zero-order chi connectivity index (χ0) is 23.8. The van der Waals surface area contributed by atoms with Crippen molar-refractivity contribution in [2.24, 2.45) is 0 Å². The summed E-state index contributed by atoms with van der Waals surface area (Å²) in [5, 5.41) is 10.0. The van der Waals surface area contributed by atoms with Crippen LogP contribution in [0.15, 0.2) is 60.8 Å². The topological polar surface area (TPSA) is 75.4 Å². The lowest BCUT2D eigenvalue weighted by atomic mass is 10.0. The summed E-state index contributed by atoms with van der Waals surface area (Å²) in [7, 11) is 0. The fourth-order valence-electron chi connectivity index (χ4n) is 4.56. The van der Waals surface area contributed by atoms with E-state index in [1.54, 1.807) is 17.2 Å². The van der Waals surface area contributed by atoms with Crippen LogP contribution in [0.25, 0.3) is 11.0 Å². The number of fused-ring (bicyclic) bond motifs is 3. The van der Waals surface area contributed by atoms with E-state index in [0.29, 0.717) is 26.1 Å². The number of nitrogens with zero attached hydrogens (tertiary/aromatic N) is 3. The van der Waals surface area contributed by atoms with Gasteiger partial charge in [-0.2, -0.15) is 0 Å². The molecule has 0 saturated carbocycles. The number of carbonyl (C=O) groups is 2. The molecule has 172 valence electrons. The Morgan fingerprint density at radius 1 is 1.06 bits per heavy atom. The lowest BCUT2D eigenvalue weighted by Crippen LogP contribution is -2.37. The van der Waals surface area contributed by atoms with Crippen LogP contribution in [0.2, 0.25) is 0 Å². The second-order valence-electron chi connectivity index (χ2n) is 8.37. The Hall–Kier alpha value is -4.07. The summed E-state index contributed by atoms with van der Waals surface area (Å²) in [5.41, 5.74) is 3.60. The van der Waals surface area contributed by atoms with Gasteiger partial charge in [0.25, 0.3) is 0 Å². The molecule has 1 aliphatic heterocycles. The molecule has 1 amide bonds. The highest BCUT2D eigenvalue weighted by molar-refractivity contribution is 5.88. The first kappa shape index (κ1) is 21.8. The second kappa shape index (κ2) is 8.70. The maximum absolute atomic E-state index is 14.4. The summed E-state index contributed by atoms with van der Waals surface area (Å²) in [6.45, 7) is 1.22. The first-order valence-electron chi connectivity index (χ1n) is 10.9. The third-order valence-corrected chi connectivity index (χ3v) is 6.24. The molecule has 2 aromatic heterocycles. The predicted octanol–water partition coefficient (Wildman–Crippen LogP) is 4.19. The number of pyridine rings is 1. The van der Waals surface area contributed by atoms with Crippen LogP contribution in [0, 0.1) is 11.6 Å². The molecule has 0 saturated heterocycles. The Kier molecular flexibility index (Phi) is 5.57. The molecule has 0 unspecified atom stereocenters. The zero-order valence-corrected chi connectivity index (χ0v) is 18.2. The van der Waals surface area contributed by atoms with E-state index in [0.717, 1.165) is 33.9 Å². The largest absolute Gasteiger partial charge is 0.478 e. The van der Waals surface area contributed by atoms with Gasteiger partial charge >= 0.3 is 5.97 Å². The minimum Gasteiger partial charge on any atom is -0.478 e. The minimum absolute atomic E-state index is 0.155. The maximum atomic E-state index is 14.4. The molecule has 4 aromatic rings. The average molecular weight is 461 g/mol. The highest BCUT2D eigenvalue weighted by Crippen LogP contribution is 2.31. The Morgan fingerprint density at radius 2 is 1.91 bits per heavy atom. The lowest BCUT2D eigenvalue weighted by molar-refractivity contribution is -0.131. The molecule has 3 heterocycles. The van der Waals surface area contributed by atoms with Gasteiger partial charge in [-0.3, -0.25) is 4.79 Å². The highest BCUT2D eigenvalue weighted by atomic mass is 19.1. The molecule has 0 bridgehead atoms. The molecule has 2 aromatic carbocycles. The zero-order valence-electron chi connectivity index (χ0n) is 18.2. The van der Waals surface area contributed by atoms with E-state index in [1.807, 2.05) is 22.8 Å². The average Bonchev–Trinajstić information content (AvgIpc) is 3.13. The van der Waals surface area contributed by atoms with Crippen molar-refractivity contribution in [3.8, 4) is 0 Å². The normalized spacial score (nSPS) is 13.2. The number of hydrogen-bond acceptors (Lipinski definition) is 3. The van der Waals surface area contributed by atoms with Gasteiger partial charge in [-0.1, -0.05) is 18.2 Å². The van der Waals surface area contributed by atoms with Crippen molar-refractivity contribution in [3.05, 3.63) is 100 Å². The van der Waals surface area contributed by atoms with Crippen LogP contribution < -0.4 is 0 Å². The SMILES string of the molecule is O=C(O)c1ccc(CC(=O)N2CCc3c(n(Cc4cccc(F)c4)c4ncccc34)C2)c(F)c1. The number of carbonyl (C=O) groups excluding carboxylic acids is 1. The van der Waals surface area contributed by atoms with Crippen LogP contribution in [0.4, 0.5) is 8.78 Å². The molecule has 0 spiro atoms. The second-order valence-corrected chi connectivity index (χ2v) is 8.37. The van der Waals surface area contributed by atoms with Crippen LogP contribution in [0.3, 0.4) is 0 Å². The highest BCUT2D eigenvalue weighted by Gasteiger charge is 2.27. The molecular weight excluding hydrogens is 440 g/mol. The molecule has 0 atom stereocenters. The van der Waals surface area contributed by atoms with Crippen LogP contribution in [0.5, 0.6) is 0 Å². The Balaban J connectivity index is 1.44. The summed E-state index contributed by atoms with van der Waals surface area (Å²) in [5.74, 6) is -2.50. The number of aromatic nitrogens is 2. The summed E-state index contributed by atoms with van der Waals surface area (Å²) in [6, 6.07) is 13.8. The molecule has 0 fully saturated rings. The van der Waals surface area contributed by atoms with Gasteiger partial charge in [-0.05, 0) is 59.5 Å². The smallest absolute Gasteiger partial charge is 0.335 e. The van der Waals surface area contributed by atoms with Gasteiger partial charge in [0.05, 0.1) is 18.5 Å². The molecule has 8 heteroatoms. The third kappa shape index (κ3) is 4.03. The van der Waals surface area contributed by atoms with Crippen molar-refractivity contribution in [1.82, 2.24) is 14.5 Å². The first-order valence-corrected chi connectivity index (χ1v) is 10.9. The number of rotatable bonds is 5. The molecule has 1 N–H and O–H groups in total. The third-order valence-electron chi connectivity index (χ3n) is 6.24. The fraction of sp³-hybridized carbons (Fsp3) is 0.192. The van der Waals surface area contributed by atoms with Gasteiger partial charge in [0.2, 0.25) is 5.91 Å². The van der Waals surface area contributed by atoms with Gasteiger partial charge in [0.15, 0.2) is 0 Å². The molecule has 6 nitrogen and oxygen atoms in total. The lowest BCUT2D eigenvalue weighted by Gasteiger charge is -2.29. The van der Waals surface area contributed by atoms with E-state index in [2.05, 4.69) is 4.98 Å². The Bertz CT molecular complexity index is 1430. The number of hydrogen-bond donors (Lipinski definition) is 1. The van der Waals surface area contributed by atoms with Gasteiger partial charge in [0.1, 0.15) is 17.3 Å². The monoisotopic (exact) mass is 461 g/mol. The molecule has 1 aliphatic rings. The van der Waals surface area contributed by atoms with Crippen LogP contribution in [0.1, 0.15) is 32.7 Å². The summed E-state index contributed by atoms with van der Waals surface area (Å²) < 4.78 is 30.2. The van der Waals surface area contributed by atoms with E-state index in [-0.39, 0.29) is 29.3 Å². The van der Waals surface area contributed by atoms with Crippen molar-refractivity contribution in [1.29, 1.82) is 0 Å². The van der Waals surface area contributed by atoms with Crippen molar-refractivity contribution in [3.63, 3.8) is 0 Å². The number of amides is 1. The van der Waals surface area contributed by atoms with E-state index in [1.165, 1.54) is 24.3 Å². The number of benzene rings is 2. The van der Waals surface area contributed by atoms with Gasteiger partial charge in [0, 0.05) is 30.4 Å². The van der Waals surface area contributed by atoms with E-state index in [4.69, 9.17) is 5.11 Å². The summed E-state index contributed by atoms with van der Waals surface area (Å²) >= 11 is 0. The van der Waals surface area contributed by atoms with Crippen molar-refractivity contribution in [2.45, 2.75) is 25.9 Å². The first-order chi connectivity index (χ1) is 16.4. The van der Waals surface area contributed by atoms with Crippen molar-refractivity contribution >= 4 is 22.9 Å². The summed E-state index contributed by atoms with van der Waals surface area (Å²) in [4.78, 5) is 30.3. The Labute approximate surface area is 194 Å². The van der Waals surface area contributed by atoms with Crippen LogP contribution in [-0.4, -0.2) is 38.0 Å². The van der Waals surface area contributed by atoms with E-state index < -0.39 is 11.8 Å². The number of carboxylic acid groups (broad SMARTS) is 1. The number of aromatic carboxylic acids is 1. The maximum Gasteiger partial charge on any atom is 0.335 e.